The second-order valence-electron chi connectivity index (χ2n) is 5.91. The number of unbranched alkanes of at least 4 members (excludes halogenated alkanes) is 1. The van der Waals surface area contributed by atoms with Crippen molar-refractivity contribution in [2.45, 2.75) is 32.9 Å². The van der Waals surface area contributed by atoms with Gasteiger partial charge in [-0.1, -0.05) is 19.3 Å². The van der Waals surface area contributed by atoms with E-state index in [2.05, 4.69) is 39.1 Å². The van der Waals surface area contributed by atoms with Crippen LogP contribution in [0.4, 0.5) is 11.5 Å². The van der Waals surface area contributed by atoms with Crippen molar-refractivity contribution >= 4 is 22.4 Å². The first kappa shape index (κ1) is 17.7. The molecule has 0 bridgehead atoms. The van der Waals surface area contributed by atoms with E-state index in [1.54, 1.807) is 12.4 Å². The van der Waals surface area contributed by atoms with Crippen LogP contribution in [0.1, 0.15) is 31.2 Å². The molecule has 0 radical (unpaired) electrons. The highest BCUT2D eigenvalue weighted by molar-refractivity contribution is 5.81. The quantitative estimate of drug-likeness (QED) is 0.358. The molecule has 3 rings (SSSR count). The summed E-state index contributed by atoms with van der Waals surface area (Å²) in [5, 5.41) is 18.0. The standard InChI is InChI=1S/C19H22N6O/c1-2-3-8-21-19-17(13-26)24-16(12-22-19)5-4-9-25-18-7-6-15(20)10-14(18)11-23-25/h6-7,10-12,26H,2-3,8-9,13,20H2,1H3,(H,21,22). The molecule has 7 nitrogen and oxygen atoms in total. The Labute approximate surface area is 152 Å². The lowest BCUT2D eigenvalue weighted by atomic mass is 10.2. The Kier molecular flexibility index (Phi) is 5.66. The molecule has 0 atom stereocenters. The third-order valence-corrected chi connectivity index (χ3v) is 3.93. The number of aliphatic hydroxyl groups is 1. The third kappa shape index (κ3) is 4.10. The average Bonchev–Trinajstić information content (AvgIpc) is 3.04. The van der Waals surface area contributed by atoms with Crippen LogP contribution in [0.25, 0.3) is 10.9 Å². The smallest absolute Gasteiger partial charge is 0.150 e. The first-order valence-corrected chi connectivity index (χ1v) is 8.62. The minimum absolute atomic E-state index is 0.178. The third-order valence-electron chi connectivity index (χ3n) is 3.93. The molecule has 0 aliphatic rings. The fourth-order valence-corrected chi connectivity index (χ4v) is 2.57. The maximum atomic E-state index is 9.50. The van der Waals surface area contributed by atoms with Gasteiger partial charge in [0, 0.05) is 17.6 Å². The SMILES string of the molecule is CCCCNc1ncc(C#CCn2ncc3cc(N)ccc32)nc1CO. The molecule has 1 aromatic carbocycles. The van der Waals surface area contributed by atoms with Gasteiger partial charge in [0.25, 0.3) is 0 Å². The van der Waals surface area contributed by atoms with Crippen LogP contribution in [-0.4, -0.2) is 31.4 Å². The van der Waals surface area contributed by atoms with E-state index in [0.717, 1.165) is 30.3 Å². The van der Waals surface area contributed by atoms with Crippen LogP contribution in [0.5, 0.6) is 0 Å². The molecule has 0 fully saturated rings. The van der Waals surface area contributed by atoms with Crippen LogP contribution >= 0.6 is 0 Å². The lowest BCUT2D eigenvalue weighted by Crippen LogP contribution is -2.08. The van der Waals surface area contributed by atoms with Crippen molar-refractivity contribution in [2.75, 3.05) is 17.6 Å². The average molecular weight is 350 g/mol. The molecule has 2 heterocycles. The number of aromatic nitrogens is 4. The van der Waals surface area contributed by atoms with E-state index in [4.69, 9.17) is 5.73 Å². The van der Waals surface area contributed by atoms with Gasteiger partial charge in [-0.25, -0.2) is 9.97 Å². The molecule has 0 saturated carbocycles. The van der Waals surface area contributed by atoms with Gasteiger partial charge in [-0.05, 0) is 30.5 Å². The van der Waals surface area contributed by atoms with Crippen molar-refractivity contribution in [1.29, 1.82) is 0 Å². The number of rotatable bonds is 6. The second kappa shape index (κ2) is 8.32. The Bertz CT molecular complexity index is 954. The molecule has 134 valence electrons. The molecular formula is C19H22N6O. The Morgan fingerprint density at radius 3 is 3.00 bits per heavy atom. The Balaban J connectivity index is 1.72. The molecule has 0 saturated heterocycles. The second-order valence-corrected chi connectivity index (χ2v) is 5.91. The van der Waals surface area contributed by atoms with E-state index in [1.807, 2.05) is 22.9 Å². The number of anilines is 2. The van der Waals surface area contributed by atoms with Crippen LogP contribution < -0.4 is 11.1 Å². The van der Waals surface area contributed by atoms with E-state index < -0.39 is 0 Å². The zero-order valence-electron chi connectivity index (χ0n) is 14.7. The summed E-state index contributed by atoms with van der Waals surface area (Å²) >= 11 is 0. The summed E-state index contributed by atoms with van der Waals surface area (Å²) in [6, 6.07) is 5.66. The number of nitrogens with zero attached hydrogens (tertiary/aromatic N) is 4. The van der Waals surface area contributed by atoms with Crippen molar-refractivity contribution in [3.8, 4) is 11.8 Å². The Hall–Kier alpha value is -3.11. The van der Waals surface area contributed by atoms with Gasteiger partial charge in [0.15, 0.2) is 0 Å². The van der Waals surface area contributed by atoms with Gasteiger partial charge in [0.05, 0.1) is 24.5 Å². The fraction of sp³-hybridized carbons (Fsp3) is 0.316. The number of fused-ring (bicyclic) bond motifs is 1. The first-order chi connectivity index (χ1) is 12.7. The number of nitrogens with one attached hydrogen (secondary N) is 1. The number of hydrogen-bond donors (Lipinski definition) is 3. The highest BCUT2D eigenvalue weighted by Gasteiger charge is 2.05. The van der Waals surface area contributed by atoms with Crippen molar-refractivity contribution in [1.82, 2.24) is 19.7 Å². The summed E-state index contributed by atoms with van der Waals surface area (Å²) in [5.41, 5.74) is 8.50. The summed E-state index contributed by atoms with van der Waals surface area (Å²) < 4.78 is 1.81. The number of hydrogen-bond acceptors (Lipinski definition) is 6. The lowest BCUT2D eigenvalue weighted by molar-refractivity contribution is 0.277. The summed E-state index contributed by atoms with van der Waals surface area (Å²) in [6.45, 7) is 3.18. The highest BCUT2D eigenvalue weighted by Crippen LogP contribution is 2.16. The van der Waals surface area contributed by atoms with Gasteiger partial charge in [-0.3, -0.25) is 4.68 Å². The van der Waals surface area contributed by atoms with Crippen LogP contribution in [0, 0.1) is 11.8 Å². The predicted molar refractivity (Wildman–Crippen MR) is 102 cm³/mol. The van der Waals surface area contributed by atoms with Crippen molar-refractivity contribution in [2.24, 2.45) is 0 Å². The van der Waals surface area contributed by atoms with Crippen LogP contribution in [-0.2, 0) is 13.2 Å². The zero-order chi connectivity index (χ0) is 18.4. The molecule has 7 heteroatoms. The molecule has 0 aliphatic heterocycles. The fourth-order valence-electron chi connectivity index (χ4n) is 2.57. The van der Waals surface area contributed by atoms with Crippen LogP contribution in [0.3, 0.4) is 0 Å². The van der Waals surface area contributed by atoms with Gasteiger partial charge >= 0.3 is 0 Å². The maximum Gasteiger partial charge on any atom is 0.150 e. The minimum atomic E-state index is -0.178. The normalized spacial score (nSPS) is 10.5. The maximum absolute atomic E-state index is 9.50. The first-order valence-electron chi connectivity index (χ1n) is 8.62. The molecule has 0 unspecified atom stereocenters. The molecule has 0 spiro atoms. The lowest BCUT2D eigenvalue weighted by Gasteiger charge is -2.08. The predicted octanol–water partition coefficient (Wildman–Crippen LogP) is 2.16. The Morgan fingerprint density at radius 1 is 1.31 bits per heavy atom. The van der Waals surface area contributed by atoms with Gasteiger partial charge in [-0.15, -0.1) is 0 Å². The summed E-state index contributed by atoms with van der Waals surface area (Å²) in [4.78, 5) is 8.69. The van der Waals surface area contributed by atoms with Crippen LogP contribution in [0.15, 0.2) is 30.6 Å². The molecule has 0 amide bonds. The minimum Gasteiger partial charge on any atom is -0.399 e. The monoisotopic (exact) mass is 350 g/mol. The number of benzene rings is 1. The highest BCUT2D eigenvalue weighted by atomic mass is 16.3. The molecule has 3 aromatic rings. The van der Waals surface area contributed by atoms with Crippen molar-refractivity contribution in [3.63, 3.8) is 0 Å². The summed E-state index contributed by atoms with van der Waals surface area (Å²) in [7, 11) is 0. The van der Waals surface area contributed by atoms with Gasteiger partial charge in [0.2, 0.25) is 0 Å². The Morgan fingerprint density at radius 2 is 2.19 bits per heavy atom. The summed E-state index contributed by atoms with van der Waals surface area (Å²) in [5.74, 6) is 6.64. The zero-order valence-corrected chi connectivity index (χ0v) is 14.7. The van der Waals surface area contributed by atoms with Crippen LogP contribution in [0.2, 0.25) is 0 Å². The van der Waals surface area contributed by atoms with E-state index in [1.165, 1.54) is 0 Å². The molecule has 2 aromatic heterocycles. The van der Waals surface area contributed by atoms with Crippen molar-refractivity contribution < 1.29 is 5.11 Å². The summed E-state index contributed by atoms with van der Waals surface area (Å²) in [6.07, 6.45) is 5.51. The molecule has 0 aliphatic carbocycles. The van der Waals surface area contributed by atoms with E-state index >= 15 is 0 Å². The number of aliphatic hydroxyl groups excluding tert-OH is 1. The number of nitrogen functional groups attached to an aromatic ring is 1. The van der Waals surface area contributed by atoms with E-state index in [0.29, 0.717) is 29.4 Å². The van der Waals surface area contributed by atoms with E-state index in [9.17, 15) is 5.11 Å². The van der Waals surface area contributed by atoms with Gasteiger partial charge < -0.3 is 16.2 Å². The molecule has 4 N–H and O–H groups in total. The van der Waals surface area contributed by atoms with Crippen molar-refractivity contribution in [3.05, 3.63) is 42.0 Å². The largest absolute Gasteiger partial charge is 0.399 e. The number of nitrogens with two attached hydrogens (primary N) is 1. The van der Waals surface area contributed by atoms with E-state index in [-0.39, 0.29) is 6.61 Å². The molecular weight excluding hydrogens is 328 g/mol. The molecule has 26 heavy (non-hydrogen) atoms. The van der Waals surface area contributed by atoms with Gasteiger partial charge in [-0.2, -0.15) is 5.10 Å². The topological polar surface area (TPSA) is 102 Å². The van der Waals surface area contributed by atoms with Gasteiger partial charge in [0.1, 0.15) is 23.8 Å².